The fraction of sp³-hybridized carbons (Fsp3) is 0.714. The van der Waals surface area contributed by atoms with Crippen molar-refractivity contribution >= 4 is 10.0 Å². The molecule has 1 aliphatic heterocycles. The second-order valence-corrected chi connectivity index (χ2v) is 7.90. The van der Waals surface area contributed by atoms with Gasteiger partial charge in [0.15, 0.2) is 0 Å². The molecule has 1 saturated carbocycles. The molecule has 0 bridgehead atoms. The Kier molecular flexibility index (Phi) is 4.09. The van der Waals surface area contributed by atoms with Crippen molar-refractivity contribution in [3.63, 3.8) is 0 Å². The molecule has 0 spiro atoms. The van der Waals surface area contributed by atoms with Crippen molar-refractivity contribution in [1.29, 1.82) is 0 Å². The quantitative estimate of drug-likeness (QED) is 0.870. The molecule has 0 amide bonds. The highest BCUT2D eigenvalue weighted by atomic mass is 32.2. The predicted octanol–water partition coefficient (Wildman–Crippen LogP) is 0.776. The van der Waals surface area contributed by atoms with Crippen LogP contribution in [-0.4, -0.2) is 56.9 Å². The van der Waals surface area contributed by atoms with Gasteiger partial charge in [0.05, 0.1) is 6.54 Å². The summed E-state index contributed by atoms with van der Waals surface area (Å²) in [7, 11) is -1.42. The summed E-state index contributed by atoms with van der Waals surface area (Å²) in [5.74, 6) is 1.19. The zero-order chi connectivity index (χ0) is 15.0. The molecule has 1 saturated heterocycles. The van der Waals surface area contributed by atoms with Gasteiger partial charge in [0.25, 0.3) is 0 Å². The first-order valence-corrected chi connectivity index (χ1v) is 8.92. The number of likely N-dealkylation sites (N-methyl/N-ethyl adjacent to an activating group) is 1. The van der Waals surface area contributed by atoms with Crippen LogP contribution < -0.4 is 5.32 Å². The fourth-order valence-electron chi connectivity index (χ4n) is 2.57. The molecule has 1 N–H and O–H groups in total. The highest BCUT2D eigenvalue weighted by molar-refractivity contribution is 7.89. The molecule has 0 unspecified atom stereocenters. The van der Waals surface area contributed by atoms with Crippen molar-refractivity contribution in [3.8, 4) is 0 Å². The van der Waals surface area contributed by atoms with E-state index in [0.29, 0.717) is 42.1 Å². The van der Waals surface area contributed by atoms with Crippen LogP contribution in [0.4, 0.5) is 0 Å². The summed E-state index contributed by atoms with van der Waals surface area (Å²) in [6.07, 6.45) is 2.40. The van der Waals surface area contributed by atoms with Gasteiger partial charge in [-0.25, -0.2) is 8.42 Å². The summed E-state index contributed by atoms with van der Waals surface area (Å²) in [4.78, 5) is 2.46. The van der Waals surface area contributed by atoms with E-state index in [-0.39, 0.29) is 0 Å². The third-order valence-corrected chi connectivity index (χ3v) is 6.15. The van der Waals surface area contributed by atoms with Crippen LogP contribution in [-0.2, 0) is 16.6 Å². The minimum Gasteiger partial charge on any atom is -0.464 e. The summed E-state index contributed by atoms with van der Waals surface area (Å²) in [5.41, 5.74) is 0. The second-order valence-electron chi connectivity index (χ2n) is 6.00. The summed E-state index contributed by atoms with van der Waals surface area (Å²) >= 11 is 0. The minimum absolute atomic E-state index is 0.319. The molecule has 0 atom stereocenters. The number of aryl methyl sites for hydroxylation is 1. The van der Waals surface area contributed by atoms with Crippen LogP contribution >= 0.6 is 0 Å². The summed E-state index contributed by atoms with van der Waals surface area (Å²) in [6, 6.07) is 2.26. The van der Waals surface area contributed by atoms with Crippen LogP contribution in [0.2, 0.25) is 0 Å². The number of hydrogen-bond acceptors (Lipinski definition) is 5. The van der Waals surface area contributed by atoms with Gasteiger partial charge in [-0.2, -0.15) is 4.31 Å². The van der Waals surface area contributed by atoms with Crippen LogP contribution in [0.15, 0.2) is 15.4 Å². The number of nitrogens with one attached hydrogen (secondary N) is 1. The third-order valence-electron chi connectivity index (χ3n) is 4.15. The largest absolute Gasteiger partial charge is 0.464 e. The zero-order valence-corrected chi connectivity index (χ0v) is 13.4. The molecule has 2 heterocycles. The van der Waals surface area contributed by atoms with Crippen LogP contribution in [0.25, 0.3) is 0 Å². The van der Waals surface area contributed by atoms with Crippen LogP contribution in [0.1, 0.15) is 24.4 Å². The van der Waals surface area contributed by atoms with E-state index in [2.05, 4.69) is 10.2 Å². The van der Waals surface area contributed by atoms with E-state index < -0.39 is 10.0 Å². The average molecular weight is 313 g/mol. The lowest BCUT2D eigenvalue weighted by atomic mass is 10.4. The molecule has 1 aliphatic carbocycles. The van der Waals surface area contributed by atoms with Gasteiger partial charge >= 0.3 is 0 Å². The summed E-state index contributed by atoms with van der Waals surface area (Å²) in [5, 5.41) is 3.34. The molecule has 1 aromatic heterocycles. The number of hydrogen-bond donors (Lipinski definition) is 1. The van der Waals surface area contributed by atoms with Crippen molar-refractivity contribution < 1.29 is 12.8 Å². The van der Waals surface area contributed by atoms with E-state index in [9.17, 15) is 8.42 Å². The summed E-state index contributed by atoms with van der Waals surface area (Å²) < 4.78 is 32.6. The first kappa shape index (κ1) is 15.0. The van der Waals surface area contributed by atoms with E-state index in [1.54, 1.807) is 17.3 Å². The Morgan fingerprint density at radius 1 is 1.29 bits per heavy atom. The van der Waals surface area contributed by atoms with E-state index in [1.165, 1.54) is 12.8 Å². The molecule has 1 aromatic rings. The topological polar surface area (TPSA) is 65.8 Å². The molecule has 3 rings (SSSR count). The van der Waals surface area contributed by atoms with Gasteiger partial charge in [-0.05, 0) is 26.8 Å². The average Bonchev–Trinajstić information content (AvgIpc) is 3.19. The molecule has 0 aromatic carbocycles. The SMILES string of the molecule is Cc1oc(CNC2CC2)cc1S(=O)(=O)N1CCN(C)CC1. The predicted molar refractivity (Wildman–Crippen MR) is 79.6 cm³/mol. The maximum atomic E-state index is 12.7. The van der Waals surface area contributed by atoms with Gasteiger partial charge in [0.2, 0.25) is 10.0 Å². The lowest BCUT2D eigenvalue weighted by Crippen LogP contribution is -2.47. The molecule has 2 fully saturated rings. The van der Waals surface area contributed by atoms with E-state index in [0.717, 1.165) is 13.1 Å². The maximum absolute atomic E-state index is 12.7. The van der Waals surface area contributed by atoms with Crippen molar-refractivity contribution in [2.24, 2.45) is 0 Å². The maximum Gasteiger partial charge on any atom is 0.246 e. The molecule has 118 valence electrons. The second kappa shape index (κ2) is 5.72. The number of piperazine rings is 1. The highest BCUT2D eigenvalue weighted by Crippen LogP contribution is 2.25. The molecular weight excluding hydrogens is 290 g/mol. The van der Waals surface area contributed by atoms with Gasteiger partial charge in [-0.3, -0.25) is 0 Å². The Morgan fingerprint density at radius 2 is 1.95 bits per heavy atom. The van der Waals surface area contributed by atoms with Crippen molar-refractivity contribution in [1.82, 2.24) is 14.5 Å². The van der Waals surface area contributed by atoms with Gasteiger partial charge < -0.3 is 14.6 Å². The Bertz CT molecular complexity index is 599. The standard InChI is InChI=1S/C14H23N3O3S/c1-11-14(9-13(20-11)10-15-12-3-4-12)21(18,19)17-7-5-16(2)6-8-17/h9,12,15H,3-8,10H2,1-2H3. The normalized spacial score (nSPS) is 21.8. The van der Waals surface area contributed by atoms with Gasteiger partial charge in [0, 0.05) is 38.3 Å². The number of rotatable bonds is 5. The van der Waals surface area contributed by atoms with Gasteiger partial charge in [0.1, 0.15) is 16.4 Å². The van der Waals surface area contributed by atoms with E-state index in [1.807, 2.05) is 7.05 Å². The molecule has 2 aliphatic rings. The summed E-state index contributed by atoms with van der Waals surface area (Å²) in [6.45, 7) is 4.95. The first-order chi connectivity index (χ1) is 9.96. The van der Waals surface area contributed by atoms with Crippen LogP contribution in [0.5, 0.6) is 0 Å². The Morgan fingerprint density at radius 3 is 2.57 bits per heavy atom. The first-order valence-electron chi connectivity index (χ1n) is 7.48. The molecule has 0 radical (unpaired) electrons. The van der Waals surface area contributed by atoms with E-state index >= 15 is 0 Å². The van der Waals surface area contributed by atoms with Crippen molar-refractivity contribution in [2.45, 2.75) is 37.2 Å². The van der Waals surface area contributed by atoms with Gasteiger partial charge in [-0.1, -0.05) is 0 Å². The Labute approximate surface area is 126 Å². The third kappa shape index (κ3) is 3.31. The molecule has 7 heteroatoms. The minimum atomic E-state index is -3.43. The lowest BCUT2D eigenvalue weighted by Gasteiger charge is -2.31. The zero-order valence-electron chi connectivity index (χ0n) is 12.6. The highest BCUT2D eigenvalue weighted by Gasteiger charge is 2.31. The smallest absolute Gasteiger partial charge is 0.246 e. The number of nitrogens with zero attached hydrogens (tertiary/aromatic N) is 2. The molecule has 6 nitrogen and oxygen atoms in total. The Balaban J connectivity index is 1.74. The lowest BCUT2D eigenvalue weighted by molar-refractivity contribution is 0.222. The van der Waals surface area contributed by atoms with Crippen LogP contribution in [0.3, 0.4) is 0 Å². The number of furan rings is 1. The van der Waals surface area contributed by atoms with Gasteiger partial charge in [-0.15, -0.1) is 0 Å². The van der Waals surface area contributed by atoms with Crippen LogP contribution in [0, 0.1) is 6.92 Å². The van der Waals surface area contributed by atoms with Crippen molar-refractivity contribution in [2.75, 3.05) is 33.2 Å². The Hall–Kier alpha value is -0.890. The number of sulfonamides is 1. The molecular formula is C14H23N3O3S. The fourth-order valence-corrected chi connectivity index (χ4v) is 4.17. The van der Waals surface area contributed by atoms with E-state index in [4.69, 9.17) is 4.42 Å². The monoisotopic (exact) mass is 313 g/mol. The van der Waals surface area contributed by atoms with Crippen molar-refractivity contribution in [3.05, 3.63) is 17.6 Å². The molecule has 21 heavy (non-hydrogen) atoms.